The van der Waals surface area contributed by atoms with Crippen molar-refractivity contribution in [1.29, 1.82) is 0 Å². The van der Waals surface area contributed by atoms with E-state index < -0.39 is 34.2 Å². The van der Waals surface area contributed by atoms with E-state index in [1.165, 1.54) is 42.6 Å². The van der Waals surface area contributed by atoms with E-state index in [4.69, 9.17) is 9.84 Å². The van der Waals surface area contributed by atoms with Gasteiger partial charge in [-0.1, -0.05) is 6.07 Å². The van der Waals surface area contributed by atoms with Crippen LogP contribution >= 0.6 is 0 Å². The van der Waals surface area contributed by atoms with Crippen molar-refractivity contribution >= 4 is 26.7 Å². The Morgan fingerprint density at radius 1 is 1.14 bits per heavy atom. The van der Waals surface area contributed by atoms with Crippen molar-refractivity contribution in [2.75, 3.05) is 6.26 Å². The normalized spacial score (nSPS) is 11.7. The standard InChI is InChI=1S/C19H15F2NO5S/c1-28(25,26)12-3-4-15-13(10-12)17(6-7-22-15)27-16-5-2-11(9-18(23)24)8-14(16)19(20)21/h2-8,10,19H,9H2,1H3,(H,23,24). The molecule has 0 radical (unpaired) electrons. The molecule has 146 valence electrons. The summed E-state index contributed by atoms with van der Waals surface area (Å²) in [5.74, 6) is -1.13. The van der Waals surface area contributed by atoms with Gasteiger partial charge in [0.1, 0.15) is 11.5 Å². The second-order valence-corrected chi connectivity index (χ2v) is 8.12. The van der Waals surface area contributed by atoms with Crippen LogP contribution in [-0.4, -0.2) is 30.7 Å². The van der Waals surface area contributed by atoms with E-state index >= 15 is 0 Å². The number of hydrogen-bond donors (Lipinski definition) is 1. The SMILES string of the molecule is CS(=O)(=O)c1ccc2nccc(Oc3ccc(CC(=O)O)cc3C(F)F)c2c1. The lowest BCUT2D eigenvalue weighted by Gasteiger charge is -2.14. The van der Waals surface area contributed by atoms with E-state index in [1.54, 1.807) is 0 Å². The van der Waals surface area contributed by atoms with Crippen LogP contribution in [0.4, 0.5) is 8.78 Å². The van der Waals surface area contributed by atoms with Crippen LogP contribution in [0, 0.1) is 0 Å². The van der Waals surface area contributed by atoms with Gasteiger partial charge in [0.2, 0.25) is 0 Å². The Morgan fingerprint density at radius 3 is 2.54 bits per heavy atom. The first-order valence-electron chi connectivity index (χ1n) is 8.04. The van der Waals surface area contributed by atoms with Gasteiger partial charge in [0.15, 0.2) is 9.84 Å². The van der Waals surface area contributed by atoms with Gasteiger partial charge in [-0.2, -0.15) is 0 Å². The van der Waals surface area contributed by atoms with E-state index in [0.717, 1.165) is 12.3 Å². The summed E-state index contributed by atoms with van der Waals surface area (Å²) in [7, 11) is -3.48. The van der Waals surface area contributed by atoms with Gasteiger partial charge in [-0.15, -0.1) is 0 Å². The summed E-state index contributed by atoms with van der Waals surface area (Å²) >= 11 is 0. The summed E-state index contributed by atoms with van der Waals surface area (Å²) in [6.07, 6.45) is -0.807. The molecule has 0 saturated heterocycles. The maximum absolute atomic E-state index is 13.5. The van der Waals surface area contributed by atoms with Crippen LogP contribution in [0.25, 0.3) is 10.9 Å². The van der Waals surface area contributed by atoms with E-state index in [-0.39, 0.29) is 22.0 Å². The van der Waals surface area contributed by atoms with Crippen molar-refractivity contribution in [2.24, 2.45) is 0 Å². The van der Waals surface area contributed by atoms with Crippen LogP contribution in [-0.2, 0) is 21.1 Å². The Balaban J connectivity index is 2.08. The molecule has 1 aromatic heterocycles. The second kappa shape index (κ2) is 7.51. The van der Waals surface area contributed by atoms with Crippen LogP contribution in [0.3, 0.4) is 0 Å². The van der Waals surface area contributed by atoms with Gasteiger partial charge < -0.3 is 9.84 Å². The van der Waals surface area contributed by atoms with Crippen molar-refractivity contribution in [3.05, 3.63) is 59.8 Å². The molecular formula is C19H15F2NO5S. The minimum absolute atomic E-state index is 0.0451. The highest BCUT2D eigenvalue weighted by Gasteiger charge is 2.18. The molecule has 3 aromatic rings. The largest absolute Gasteiger partial charge is 0.481 e. The number of pyridine rings is 1. The minimum Gasteiger partial charge on any atom is -0.481 e. The fourth-order valence-electron chi connectivity index (χ4n) is 2.68. The molecule has 0 aliphatic rings. The van der Waals surface area contributed by atoms with Crippen LogP contribution in [0.5, 0.6) is 11.5 Å². The monoisotopic (exact) mass is 407 g/mol. The Hall–Kier alpha value is -3.07. The summed E-state index contributed by atoms with van der Waals surface area (Å²) in [6, 6.07) is 9.46. The van der Waals surface area contributed by atoms with Crippen molar-refractivity contribution in [2.45, 2.75) is 17.7 Å². The zero-order valence-corrected chi connectivity index (χ0v) is 15.4. The molecule has 0 fully saturated rings. The number of benzene rings is 2. The van der Waals surface area contributed by atoms with E-state index in [9.17, 15) is 22.0 Å². The predicted octanol–water partition coefficient (Wildman–Crippen LogP) is 4.00. The summed E-state index contributed by atoms with van der Waals surface area (Å²) in [5, 5.41) is 9.18. The number of carboxylic acids is 1. The average molecular weight is 407 g/mol. The fraction of sp³-hybridized carbons (Fsp3) is 0.158. The van der Waals surface area contributed by atoms with Gasteiger partial charge in [0.05, 0.1) is 22.4 Å². The molecule has 0 spiro atoms. The number of carboxylic acid groups (broad SMARTS) is 1. The first-order chi connectivity index (χ1) is 13.1. The Kier molecular flexibility index (Phi) is 5.28. The molecule has 6 nitrogen and oxygen atoms in total. The highest BCUT2D eigenvalue weighted by atomic mass is 32.2. The number of hydrogen-bond acceptors (Lipinski definition) is 5. The Morgan fingerprint density at radius 2 is 1.89 bits per heavy atom. The molecule has 28 heavy (non-hydrogen) atoms. The molecule has 0 aliphatic carbocycles. The molecule has 0 saturated carbocycles. The zero-order chi connectivity index (χ0) is 20.5. The van der Waals surface area contributed by atoms with Gasteiger partial charge in [-0.05, 0) is 42.0 Å². The highest BCUT2D eigenvalue weighted by molar-refractivity contribution is 7.90. The van der Waals surface area contributed by atoms with Crippen molar-refractivity contribution in [3.8, 4) is 11.5 Å². The van der Waals surface area contributed by atoms with Crippen molar-refractivity contribution in [1.82, 2.24) is 4.98 Å². The minimum atomic E-state index is -3.48. The smallest absolute Gasteiger partial charge is 0.307 e. The molecule has 2 aromatic carbocycles. The summed E-state index contributed by atoms with van der Waals surface area (Å²) < 4.78 is 56.2. The number of aliphatic carboxylic acids is 1. The first kappa shape index (κ1) is 19.7. The number of aromatic nitrogens is 1. The predicted molar refractivity (Wildman–Crippen MR) is 97.7 cm³/mol. The Labute approximate surface area is 159 Å². The Bertz CT molecular complexity index is 1160. The number of alkyl halides is 2. The third-order valence-corrected chi connectivity index (χ3v) is 5.10. The lowest BCUT2D eigenvalue weighted by atomic mass is 10.1. The quantitative estimate of drug-likeness (QED) is 0.664. The van der Waals surface area contributed by atoms with Crippen molar-refractivity contribution < 1.29 is 31.8 Å². The molecule has 0 atom stereocenters. The summed E-state index contributed by atoms with van der Waals surface area (Å²) in [5.41, 5.74) is 0.197. The van der Waals surface area contributed by atoms with Gasteiger partial charge in [0, 0.05) is 17.8 Å². The van der Waals surface area contributed by atoms with E-state index in [1.807, 2.05) is 0 Å². The van der Waals surface area contributed by atoms with E-state index in [2.05, 4.69) is 4.98 Å². The first-order valence-corrected chi connectivity index (χ1v) is 9.94. The van der Waals surface area contributed by atoms with Crippen molar-refractivity contribution in [3.63, 3.8) is 0 Å². The number of nitrogens with zero attached hydrogens (tertiary/aromatic N) is 1. The number of sulfone groups is 1. The van der Waals surface area contributed by atoms with Crippen LogP contribution < -0.4 is 4.74 Å². The van der Waals surface area contributed by atoms with Crippen LogP contribution in [0.2, 0.25) is 0 Å². The number of rotatable bonds is 6. The molecular weight excluding hydrogens is 392 g/mol. The lowest BCUT2D eigenvalue weighted by Crippen LogP contribution is -2.02. The van der Waals surface area contributed by atoms with Crippen LogP contribution in [0.1, 0.15) is 17.6 Å². The number of halogens is 2. The maximum atomic E-state index is 13.5. The maximum Gasteiger partial charge on any atom is 0.307 e. The van der Waals surface area contributed by atoms with E-state index in [0.29, 0.717) is 10.9 Å². The molecule has 0 aliphatic heterocycles. The molecule has 1 heterocycles. The summed E-state index contributed by atoms with van der Waals surface area (Å²) in [6.45, 7) is 0. The zero-order valence-electron chi connectivity index (χ0n) is 14.6. The number of fused-ring (bicyclic) bond motifs is 1. The topological polar surface area (TPSA) is 93.6 Å². The molecule has 0 amide bonds. The molecule has 0 bridgehead atoms. The highest BCUT2D eigenvalue weighted by Crippen LogP contribution is 2.36. The lowest BCUT2D eigenvalue weighted by molar-refractivity contribution is -0.136. The average Bonchev–Trinajstić information content (AvgIpc) is 2.61. The second-order valence-electron chi connectivity index (χ2n) is 6.11. The third-order valence-electron chi connectivity index (χ3n) is 3.99. The third kappa shape index (κ3) is 4.25. The van der Waals surface area contributed by atoms with Gasteiger partial charge in [-0.25, -0.2) is 17.2 Å². The fourth-order valence-corrected chi connectivity index (χ4v) is 3.33. The van der Waals surface area contributed by atoms with Gasteiger partial charge >= 0.3 is 5.97 Å². The molecule has 3 rings (SSSR count). The van der Waals surface area contributed by atoms with Crippen LogP contribution in [0.15, 0.2) is 53.6 Å². The number of ether oxygens (including phenoxy) is 1. The molecule has 1 N–H and O–H groups in total. The molecule has 0 unspecified atom stereocenters. The summed E-state index contributed by atoms with van der Waals surface area (Å²) in [4.78, 5) is 15.0. The van der Waals surface area contributed by atoms with Gasteiger partial charge in [-0.3, -0.25) is 9.78 Å². The number of carbonyl (C=O) groups is 1. The van der Waals surface area contributed by atoms with Gasteiger partial charge in [0.25, 0.3) is 6.43 Å². The molecule has 9 heteroatoms.